The fraction of sp³-hybridized carbons (Fsp3) is 0.200. The summed E-state index contributed by atoms with van der Waals surface area (Å²) in [6, 6.07) is 15.1. The molecule has 0 radical (unpaired) electrons. The van der Waals surface area contributed by atoms with Crippen molar-refractivity contribution >= 4 is 11.6 Å². The number of hydrogen-bond donors (Lipinski definition) is 0. The summed E-state index contributed by atoms with van der Waals surface area (Å²) in [5.74, 6) is 0.340. The van der Waals surface area contributed by atoms with Crippen LogP contribution in [-0.2, 0) is 19.4 Å². The minimum Gasteiger partial charge on any atom is -0.497 e. The lowest BCUT2D eigenvalue weighted by molar-refractivity contribution is 0.277. The van der Waals surface area contributed by atoms with Crippen LogP contribution in [0.5, 0.6) is 11.8 Å². The highest BCUT2D eigenvalue weighted by Crippen LogP contribution is 2.16. The zero-order valence-corrected chi connectivity index (χ0v) is 15.0. The molecular formula is C20H18ClFN2O2. The molecule has 0 aliphatic carbocycles. The van der Waals surface area contributed by atoms with E-state index in [-0.39, 0.29) is 6.01 Å². The highest BCUT2D eigenvalue weighted by atomic mass is 35.5. The molecule has 0 saturated carbocycles. The van der Waals surface area contributed by atoms with Gasteiger partial charge in [0.1, 0.15) is 12.4 Å². The third kappa shape index (κ3) is 4.92. The zero-order chi connectivity index (χ0) is 18.4. The lowest BCUT2D eigenvalue weighted by Gasteiger charge is -2.08. The molecule has 0 unspecified atom stereocenters. The Hall–Kier alpha value is -2.66. The van der Waals surface area contributed by atoms with Crippen LogP contribution in [0.2, 0.25) is 5.02 Å². The van der Waals surface area contributed by atoms with Crippen LogP contribution in [0.4, 0.5) is 4.39 Å². The number of aromatic nitrogens is 2. The summed E-state index contributed by atoms with van der Waals surface area (Å²) in [5, 5.41) is 0.677. The lowest BCUT2D eigenvalue weighted by atomic mass is 10.1. The van der Waals surface area contributed by atoms with Gasteiger partial charge in [0.2, 0.25) is 0 Å². The first kappa shape index (κ1) is 18.1. The molecule has 1 heterocycles. The van der Waals surface area contributed by atoms with Crippen molar-refractivity contribution in [1.29, 1.82) is 0 Å². The minimum atomic E-state index is -0.434. The van der Waals surface area contributed by atoms with Gasteiger partial charge in [0, 0.05) is 5.02 Å². The number of ether oxygens (including phenoxy) is 2. The molecule has 0 aliphatic heterocycles. The van der Waals surface area contributed by atoms with Crippen molar-refractivity contribution in [2.24, 2.45) is 0 Å². The molecule has 0 amide bonds. The molecule has 0 N–H and O–H groups in total. The Kier molecular flexibility index (Phi) is 6.02. The molecule has 3 rings (SSSR count). The van der Waals surface area contributed by atoms with Gasteiger partial charge in [-0.1, -0.05) is 35.9 Å². The van der Waals surface area contributed by atoms with Crippen LogP contribution < -0.4 is 9.47 Å². The summed E-state index contributed by atoms with van der Waals surface area (Å²) in [7, 11) is 1.61. The highest BCUT2D eigenvalue weighted by Gasteiger charge is 2.09. The van der Waals surface area contributed by atoms with Gasteiger partial charge in [0.05, 0.1) is 19.0 Å². The highest BCUT2D eigenvalue weighted by molar-refractivity contribution is 6.30. The largest absolute Gasteiger partial charge is 0.497 e. The van der Waals surface area contributed by atoms with Crippen LogP contribution in [0, 0.1) is 5.82 Å². The summed E-state index contributed by atoms with van der Waals surface area (Å²) in [4.78, 5) is 8.10. The molecule has 134 valence electrons. The van der Waals surface area contributed by atoms with Gasteiger partial charge in [-0.15, -0.1) is 0 Å². The normalized spacial score (nSPS) is 10.6. The summed E-state index contributed by atoms with van der Waals surface area (Å²) in [5.41, 5.74) is 2.34. The second kappa shape index (κ2) is 8.63. The number of benzene rings is 2. The molecule has 4 nitrogen and oxygen atoms in total. The van der Waals surface area contributed by atoms with E-state index in [0.717, 1.165) is 23.1 Å². The Morgan fingerprint density at radius 3 is 2.35 bits per heavy atom. The maximum Gasteiger partial charge on any atom is 0.317 e. The molecule has 0 atom stereocenters. The van der Waals surface area contributed by atoms with E-state index in [1.54, 1.807) is 7.11 Å². The SMILES string of the molecule is COc1ccc(COc2ncc(F)c(CCc3ccc(Cl)cc3)n2)cc1. The number of rotatable bonds is 7. The first-order valence-electron chi connectivity index (χ1n) is 8.15. The summed E-state index contributed by atoms with van der Waals surface area (Å²) >= 11 is 5.87. The van der Waals surface area contributed by atoms with Gasteiger partial charge in [-0.3, -0.25) is 0 Å². The van der Waals surface area contributed by atoms with Crippen molar-refractivity contribution in [1.82, 2.24) is 9.97 Å². The van der Waals surface area contributed by atoms with Crippen molar-refractivity contribution in [3.8, 4) is 11.8 Å². The van der Waals surface area contributed by atoms with Crippen LogP contribution in [0.1, 0.15) is 16.8 Å². The third-order valence-corrected chi connectivity index (χ3v) is 4.14. The quantitative estimate of drug-likeness (QED) is 0.606. The van der Waals surface area contributed by atoms with Gasteiger partial charge in [0.15, 0.2) is 5.82 Å². The predicted molar refractivity (Wildman–Crippen MR) is 98.2 cm³/mol. The Balaban J connectivity index is 1.61. The van der Waals surface area contributed by atoms with Gasteiger partial charge >= 0.3 is 6.01 Å². The number of methoxy groups -OCH3 is 1. The van der Waals surface area contributed by atoms with Crippen molar-refractivity contribution in [3.05, 3.63) is 82.4 Å². The molecule has 6 heteroatoms. The van der Waals surface area contributed by atoms with E-state index in [1.807, 2.05) is 48.5 Å². The van der Waals surface area contributed by atoms with Gasteiger partial charge < -0.3 is 9.47 Å². The van der Waals surface area contributed by atoms with Crippen molar-refractivity contribution < 1.29 is 13.9 Å². The average Bonchev–Trinajstić information content (AvgIpc) is 2.68. The minimum absolute atomic E-state index is 0.160. The maximum atomic E-state index is 14.0. The Labute approximate surface area is 156 Å². The first-order chi connectivity index (χ1) is 12.6. The lowest BCUT2D eigenvalue weighted by Crippen LogP contribution is -2.05. The van der Waals surface area contributed by atoms with Crippen LogP contribution in [0.25, 0.3) is 0 Å². The van der Waals surface area contributed by atoms with Crippen molar-refractivity contribution in [3.63, 3.8) is 0 Å². The average molecular weight is 373 g/mol. The molecule has 0 fully saturated rings. The third-order valence-electron chi connectivity index (χ3n) is 3.89. The van der Waals surface area contributed by atoms with Crippen LogP contribution in [0.15, 0.2) is 54.7 Å². The molecule has 0 saturated heterocycles. The fourth-order valence-electron chi connectivity index (χ4n) is 2.41. The predicted octanol–water partition coefficient (Wildman–Crippen LogP) is 4.64. The van der Waals surface area contributed by atoms with E-state index < -0.39 is 5.82 Å². The summed E-state index contributed by atoms with van der Waals surface area (Å²) in [6.07, 6.45) is 2.26. The second-order valence-corrected chi connectivity index (χ2v) is 6.15. The van der Waals surface area contributed by atoms with Gasteiger partial charge in [-0.05, 0) is 48.2 Å². The van der Waals surface area contributed by atoms with E-state index in [0.29, 0.717) is 30.2 Å². The molecule has 0 bridgehead atoms. The second-order valence-electron chi connectivity index (χ2n) is 5.71. The summed E-state index contributed by atoms with van der Waals surface area (Å²) < 4.78 is 24.7. The molecule has 1 aromatic heterocycles. The van der Waals surface area contributed by atoms with Crippen LogP contribution in [-0.4, -0.2) is 17.1 Å². The molecule has 2 aromatic carbocycles. The molecule has 0 aliphatic rings. The fourth-order valence-corrected chi connectivity index (χ4v) is 2.54. The number of aryl methyl sites for hydroxylation is 2. The van der Waals surface area contributed by atoms with E-state index in [9.17, 15) is 4.39 Å². The molecule has 3 aromatic rings. The Morgan fingerprint density at radius 2 is 1.65 bits per heavy atom. The first-order valence-corrected chi connectivity index (χ1v) is 8.53. The van der Waals surface area contributed by atoms with Crippen molar-refractivity contribution in [2.45, 2.75) is 19.4 Å². The number of nitrogens with zero attached hydrogens (tertiary/aromatic N) is 2. The standard InChI is InChI=1S/C20H18ClFN2O2/c1-25-17-9-4-15(5-10-17)13-26-20-23-12-18(22)19(24-20)11-6-14-2-7-16(21)8-3-14/h2-5,7-10,12H,6,11,13H2,1H3. The zero-order valence-electron chi connectivity index (χ0n) is 14.3. The smallest absolute Gasteiger partial charge is 0.317 e. The number of halogens is 2. The molecular weight excluding hydrogens is 355 g/mol. The van der Waals surface area contributed by atoms with Gasteiger partial charge in [0.25, 0.3) is 0 Å². The van der Waals surface area contributed by atoms with Crippen LogP contribution >= 0.6 is 11.6 Å². The van der Waals surface area contributed by atoms with E-state index in [4.69, 9.17) is 21.1 Å². The van der Waals surface area contributed by atoms with Crippen LogP contribution in [0.3, 0.4) is 0 Å². The van der Waals surface area contributed by atoms with Crippen molar-refractivity contribution in [2.75, 3.05) is 7.11 Å². The monoisotopic (exact) mass is 372 g/mol. The van der Waals surface area contributed by atoms with Gasteiger partial charge in [-0.2, -0.15) is 4.98 Å². The van der Waals surface area contributed by atoms with E-state index in [1.165, 1.54) is 0 Å². The molecule has 26 heavy (non-hydrogen) atoms. The van der Waals surface area contributed by atoms with Gasteiger partial charge in [-0.25, -0.2) is 9.37 Å². The topological polar surface area (TPSA) is 44.2 Å². The Bertz CT molecular complexity index is 855. The summed E-state index contributed by atoms with van der Waals surface area (Å²) in [6.45, 7) is 0.298. The van der Waals surface area contributed by atoms with E-state index >= 15 is 0 Å². The maximum absolute atomic E-state index is 14.0. The molecule has 0 spiro atoms. The van der Waals surface area contributed by atoms with E-state index in [2.05, 4.69) is 9.97 Å². The Morgan fingerprint density at radius 1 is 0.962 bits per heavy atom. The number of hydrogen-bond acceptors (Lipinski definition) is 4.